The highest BCUT2D eigenvalue weighted by Gasteiger charge is 2.32. The molecule has 1 saturated carbocycles. The lowest BCUT2D eigenvalue weighted by molar-refractivity contribution is -0.121. The number of nitrogens with zero attached hydrogens (tertiary/aromatic N) is 2. The molecule has 20 heavy (non-hydrogen) atoms. The molecule has 1 aromatic rings. The number of nitrogens with two attached hydrogens (primary N) is 1. The third kappa shape index (κ3) is 3.48. The summed E-state index contributed by atoms with van der Waals surface area (Å²) in [6.45, 7) is 5.49. The van der Waals surface area contributed by atoms with E-state index >= 15 is 0 Å². The quantitative estimate of drug-likeness (QED) is 0.869. The Bertz CT molecular complexity index is 458. The number of carbonyl (C=O) groups excluding carboxylic acids is 1. The summed E-state index contributed by atoms with van der Waals surface area (Å²) in [6.07, 6.45) is 7.08. The number of carbonyl (C=O) groups is 1. The van der Waals surface area contributed by atoms with Crippen molar-refractivity contribution in [3.63, 3.8) is 0 Å². The van der Waals surface area contributed by atoms with E-state index in [4.69, 9.17) is 5.73 Å². The monoisotopic (exact) mass is 277 g/mol. The minimum atomic E-state index is 0.0709. The first-order valence-electron chi connectivity index (χ1n) is 7.84. The zero-order valence-corrected chi connectivity index (χ0v) is 12.8. The molecule has 1 aliphatic rings. The molecule has 0 saturated heterocycles. The van der Waals surface area contributed by atoms with Crippen LogP contribution in [-0.2, 0) is 17.8 Å². The maximum atomic E-state index is 12.4. The van der Waals surface area contributed by atoms with Crippen molar-refractivity contribution in [1.29, 1.82) is 0 Å². The van der Waals surface area contributed by atoms with Gasteiger partial charge in [0, 0.05) is 25.1 Å². The van der Waals surface area contributed by atoms with E-state index in [9.17, 15) is 4.79 Å². The Morgan fingerprint density at radius 2 is 2.10 bits per heavy atom. The average Bonchev–Trinajstić information content (AvgIpc) is 2.79. The largest absolute Gasteiger partial charge is 0.330 e. The molecule has 0 unspecified atom stereocenters. The van der Waals surface area contributed by atoms with Crippen LogP contribution in [0.5, 0.6) is 0 Å². The molecule has 112 valence electrons. The van der Waals surface area contributed by atoms with Crippen molar-refractivity contribution in [3.05, 3.63) is 17.5 Å². The number of aromatic nitrogens is 2. The van der Waals surface area contributed by atoms with Gasteiger partial charge in [0.2, 0.25) is 0 Å². The van der Waals surface area contributed by atoms with Crippen LogP contribution in [0.2, 0.25) is 0 Å². The van der Waals surface area contributed by atoms with Crippen molar-refractivity contribution in [3.8, 4) is 0 Å². The molecule has 2 rings (SSSR count). The van der Waals surface area contributed by atoms with Gasteiger partial charge in [-0.25, -0.2) is 0 Å². The molecule has 4 nitrogen and oxygen atoms in total. The van der Waals surface area contributed by atoms with Gasteiger partial charge in [0.05, 0.1) is 5.69 Å². The number of rotatable bonds is 6. The summed E-state index contributed by atoms with van der Waals surface area (Å²) in [7, 11) is 0. The van der Waals surface area contributed by atoms with E-state index in [0.717, 1.165) is 30.8 Å². The first-order chi connectivity index (χ1) is 9.58. The predicted molar refractivity (Wildman–Crippen MR) is 80.5 cm³/mol. The van der Waals surface area contributed by atoms with E-state index in [1.807, 2.05) is 17.7 Å². The van der Waals surface area contributed by atoms with E-state index < -0.39 is 0 Å². The van der Waals surface area contributed by atoms with Crippen LogP contribution < -0.4 is 5.73 Å². The van der Waals surface area contributed by atoms with E-state index in [-0.39, 0.29) is 5.41 Å². The Hall–Kier alpha value is -1.16. The molecular formula is C16H27N3O. The van der Waals surface area contributed by atoms with Crippen LogP contribution in [0.25, 0.3) is 0 Å². The Kier molecular flexibility index (Phi) is 4.97. The Labute approximate surface area is 121 Å². The maximum Gasteiger partial charge on any atom is 0.139 e. The Morgan fingerprint density at radius 3 is 2.70 bits per heavy atom. The third-order valence-corrected chi connectivity index (χ3v) is 4.58. The molecule has 0 atom stereocenters. The van der Waals surface area contributed by atoms with Crippen molar-refractivity contribution in [2.24, 2.45) is 11.1 Å². The van der Waals surface area contributed by atoms with Crippen LogP contribution in [0.4, 0.5) is 0 Å². The van der Waals surface area contributed by atoms with Gasteiger partial charge >= 0.3 is 0 Å². The van der Waals surface area contributed by atoms with Gasteiger partial charge in [-0.2, -0.15) is 5.10 Å². The molecule has 1 fully saturated rings. The van der Waals surface area contributed by atoms with Gasteiger partial charge in [-0.15, -0.1) is 0 Å². The van der Waals surface area contributed by atoms with Crippen molar-refractivity contribution in [1.82, 2.24) is 9.78 Å². The van der Waals surface area contributed by atoms with Crippen molar-refractivity contribution >= 4 is 5.78 Å². The molecule has 0 bridgehead atoms. The van der Waals surface area contributed by atoms with Gasteiger partial charge in [0.15, 0.2) is 0 Å². The van der Waals surface area contributed by atoms with E-state index in [1.165, 1.54) is 19.3 Å². The Balaban J connectivity index is 2.00. The topological polar surface area (TPSA) is 60.9 Å². The number of aryl methyl sites for hydroxylation is 2. The first kappa shape index (κ1) is 15.2. The van der Waals surface area contributed by atoms with Gasteiger partial charge in [-0.3, -0.25) is 9.48 Å². The van der Waals surface area contributed by atoms with Gasteiger partial charge in [-0.1, -0.05) is 19.3 Å². The number of hydrogen-bond donors (Lipinski definition) is 1. The fraction of sp³-hybridized carbons (Fsp3) is 0.750. The van der Waals surface area contributed by atoms with Crippen LogP contribution in [0, 0.1) is 12.3 Å². The molecule has 0 amide bonds. The van der Waals surface area contributed by atoms with Gasteiger partial charge in [0.25, 0.3) is 0 Å². The predicted octanol–water partition coefficient (Wildman–Crippen LogP) is 2.62. The minimum absolute atomic E-state index is 0.0709. The van der Waals surface area contributed by atoms with Crippen LogP contribution in [0.3, 0.4) is 0 Å². The molecule has 4 heteroatoms. The second kappa shape index (κ2) is 6.53. The van der Waals surface area contributed by atoms with Gasteiger partial charge in [0.1, 0.15) is 5.78 Å². The summed E-state index contributed by atoms with van der Waals surface area (Å²) in [5.74, 6) is 0.312. The summed E-state index contributed by atoms with van der Waals surface area (Å²) in [5, 5.41) is 4.41. The summed E-state index contributed by atoms with van der Waals surface area (Å²) in [6, 6.07) is 2.03. The molecule has 1 aliphatic carbocycles. The second-order valence-electron chi connectivity index (χ2n) is 6.25. The Morgan fingerprint density at radius 1 is 1.40 bits per heavy atom. The maximum absolute atomic E-state index is 12.4. The standard InChI is InChI=1S/C16H27N3O/c1-3-19-14(9-13(2)18-19)10-15(20)11-16(12-17)7-5-4-6-8-16/h9H,3-8,10-12,17H2,1-2H3. The van der Waals surface area contributed by atoms with E-state index in [2.05, 4.69) is 12.0 Å². The zero-order valence-electron chi connectivity index (χ0n) is 12.8. The fourth-order valence-electron chi connectivity index (χ4n) is 3.45. The van der Waals surface area contributed by atoms with Crippen molar-refractivity contribution in [2.45, 2.75) is 65.3 Å². The normalized spacial score (nSPS) is 18.1. The smallest absolute Gasteiger partial charge is 0.139 e. The van der Waals surface area contributed by atoms with Crippen LogP contribution in [0.15, 0.2) is 6.07 Å². The van der Waals surface area contributed by atoms with Crippen LogP contribution in [0.1, 0.15) is 56.8 Å². The van der Waals surface area contributed by atoms with Crippen molar-refractivity contribution < 1.29 is 4.79 Å². The van der Waals surface area contributed by atoms with Crippen LogP contribution in [-0.4, -0.2) is 22.1 Å². The molecule has 0 aromatic carbocycles. The highest BCUT2D eigenvalue weighted by atomic mass is 16.1. The van der Waals surface area contributed by atoms with Crippen molar-refractivity contribution in [2.75, 3.05) is 6.54 Å². The lowest BCUT2D eigenvalue weighted by Crippen LogP contribution is -2.35. The summed E-state index contributed by atoms with van der Waals surface area (Å²) >= 11 is 0. The molecule has 2 N–H and O–H groups in total. The summed E-state index contributed by atoms with van der Waals surface area (Å²) in [5.41, 5.74) is 8.07. The highest BCUT2D eigenvalue weighted by Crippen LogP contribution is 2.38. The average molecular weight is 277 g/mol. The lowest BCUT2D eigenvalue weighted by atomic mass is 9.70. The second-order valence-corrected chi connectivity index (χ2v) is 6.25. The summed E-state index contributed by atoms with van der Waals surface area (Å²) in [4.78, 5) is 12.4. The SMILES string of the molecule is CCn1nc(C)cc1CC(=O)CC1(CN)CCCCC1. The fourth-order valence-corrected chi connectivity index (χ4v) is 3.45. The number of hydrogen-bond acceptors (Lipinski definition) is 3. The number of ketones is 1. The molecule has 0 radical (unpaired) electrons. The summed E-state index contributed by atoms with van der Waals surface area (Å²) < 4.78 is 1.93. The highest BCUT2D eigenvalue weighted by molar-refractivity contribution is 5.81. The first-order valence-corrected chi connectivity index (χ1v) is 7.84. The molecule has 1 heterocycles. The minimum Gasteiger partial charge on any atom is -0.330 e. The molecule has 0 spiro atoms. The number of Topliss-reactive ketones (excluding diaryl/α,β-unsaturated/α-hetero) is 1. The van der Waals surface area contributed by atoms with Crippen LogP contribution >= 0.6 is 0 Å². The lowest BCUT2D eigenvalue weighted by Gasteiger charge is -2.35. The van der Waals surface area contributed by atoms with E-state index in [0.29, 0.717) is 25.2 Å². The van der Waals surface area contributed by atoms with Gasteiger partial charge in [-0.05, 0) is 44.7 Å². The van der Waals surface area contributed by atoms with E-state index in [1.54, 1.807) is 0 Å². The zero-order chi connectivity index (χ0) is 14.6. The molecule has 0 aliphatic heterocycles. The molecular weight excluding hydrogens is 250 g/mol. The third-order valence-electron chi connectivity index (χ3n) is 4.58. The van der Waals surface area contributed by atoms with Gasteiger partial charge < -0.3 is 5.73 Å². The molecule has 1 aromatic heterocycles.